The summed E-state index contributed by atoms with van der Waals surface area (Å²) in [6.07, 6.45) is 4.65. The van der Waals surface area contributed by atoms with Crippen molar-refractivity contribution in [1.29, 1.82) is 0 Å². The molecule has 4 nitrogen and oxygen atoms in total. The van der Waals surface area contributed by atoms with Crippen molar-refractivity contribution in [3.8, 4) is 0 Å². The van der Waals surface area contributed by atoms with Crippen molar-refractivity contribution in [3.05, 3.63) is 25.3 Å². The van der Waals surface area contributed by atoms with Gasteiger partial charge in [0.2, 0.25) is 11.8 Å². The van der Waals surface area contributed by atoms with Crippen LogP contribution in [0.5, 0.6) is 0 Å². The molecule has 84 valence electrons. The van der Waals surface area contributed by atoms with Gasteiger partial charge < -0.3 is 10.6 Å². The maximum atomic E-state index is 11.0. The summed E-state index contributed by atoms with van der Waals surface area (Å²) in [7, 11) is 0. The molecule has 0 rings (SSSR count). The van der Waals surface area contributed by atoms with E-state index in [1.165, 1.54) is 12.2 Å². The fraction of sp³-hybridized carbons (Fsp3) is 0.455. The molecule has 0 saturated carbocycles. The molecule has 0 saturated heterocycles. The second kappa shape index (κ2) is 7.79. The lowest BCUT2D eigenvalue weighted by molar-refractivity contribution is -0.119. The molecular weight excluding hydrogens is 192 g/mol. The van der Waals surface area contributed by atoms with Crippen molar-refractivity contribution in [2.24, 2.45) is 0 Å². The van der Waals surface area contributed by atoms with E-state index in [2.05, 4.69) is 23.8 Å². The van der Waals surface area contributed by atoms with Crippen LogP contribution in [0.1, 0.15) is 26.2 Å². The van der Waals surface area contributed by atoms with Crippen LogP contribution in [0.3, 0.4) is 0 Å². The average Bonchev–Trinajstić information content (AvgIpc) is 2.25. The van der Waals surface area contributed by atoms with Crippen molar-refractivity contribution >= 4 is 11.8 Å². The Morgan fingerprint density at radius 1 is 1.20 bits per heavy atom. The Bertz CT molecular complexity index is 227. The van der Waals surface area contributed by atoms with Gasteiger partial charge in [-0.3, -0.25) is 9.59 Å². The van der Waals surface area contributed by atoms with Gasteiger partial charge in [0, 0.05) is 0 Å². The molecule has 0 aromatic carbocycles. The molecule has 0 aliphatic carbocycles. The van der Waals surface area contributed by atoms with Crippen LogP contribution in [-0.4, -0.2) is 18.0 Å². The van der Waals surface area contributed by atoms with Crippen molar-refractivity contribution < 1.29 is 9.59 Å². The van der Waals surface area contributed by atoms with E-state index in [1.807, 2.05) is 6.92 Å². The number of nitrogens with one attached hydrogen (secondary N) is 2. The first-order chi connectivity index (χ1) is 7.13. The highest BCUT2D eigenvalue weighted by atomic mass is 16.2. The number of carbonyl (C=O) groups excluding carboxylic acids is 2. The smallest absolute Gasteiger partial charge is 0.244 e. The highest BCUT2D eigenvalue weighted by Gasteiger charge is 2.10. The maximum Gasteiger partial charge on any atom is 0.244 e. The van der Waals surface area contributed by atoms with E-state index in [0.717, 1.165) is 12.8 Å². The monoisotopic (exact) mass is 210 g/mol. The van der Waals surface area contributed by atoms with Gasteiger partial charge in [-0.15, -0.1) is 0 Å². The highest BCUT2D eigenvalue weighted by Crippen LogP contribution is 1.98. The van der Waals surface area contributed by atoms with E-state index in [0.29, 0.717) is 6.42 Å². The third kappa shape index (κ3) is 6.49. The Balaban J connectivity index is 4.16. The average molecular weight is 210 g/mol. The molecule has 0 aliphatic rings. The molecule has 0 aromatic rings. The molecule has 2 N–H and O–H groups in total. The first-order valence-corrected chi connectivity index (χ1v) is 4.99. The normalized spacial score (nSPS) is 9.47. The van der Waals surface area contributed by atoms with Gasteiger partial charge in [-0.05, 0) is 25.0 Å². The summed E-state index contributed by atoms with van der Waals surface area (Å²) in [6, 6.07) is 0. The molecule has 15 heavy (non-hydrogen) atoms. The lowest BCUT2D eigenvalue weighted by atomic mass is 10.2. The fourth-order valence-electron chi connectivity index (χ4n) is 1.05. The molecule has 0 fully saturated rings. The van der Waals surface area contributed by atoms with Crippen LogP contribution in [0.15, 0.2) is 25.3 Å². The van der Waals surface area contributed by atoms with E-state index >= 15 is 0 Å². The fourth-order valence-corrected chi connectivity index (χ4v) is 1.05. The van der Waals surface area contributed by atoms with Gasteiger partial charge in [-0.2, -0.15) is 0 Å². The first-order valence-electron chi connectivity index (χ1n) is 4.99. The van der Waals surface area contributed by atoms with Crippen LogP contribution in [0.25, 0.3) is 0 Å². The third-order valence-corrected chi connectivity index (χ3v) is 1.85. The second-order valence-electron chi connectivity index (χ2n) is 3.12. The summed E-state index contributed by atoms with van der Waals surface area (Å²) >= 11 is 0. The predicted molar refractivity (Wildman–Crippen MR) is 60.0 cm³/mol. The molecule has 0 aliphatic heterocycles. The number of rotatable bonds is 7. The van der Waals surface area contributed by atoms with Crippen molar-refractivity contribution in [2.75, 3.05) is 0 Å². The Hall–Kier alpha value is -1.58. The standard InChI is InChI=1S/C11H18N2O2/c1-4-7-8-9(12-10(14)5-2)13-11(15)6-3/h5-6,9H,2-4,7-8H2,1H3,(H,12,14)(H,13,15). The zero-order valence-corrected chi connectivity index (χ0v) is 9.08. The van der Waals surface area contributed by atoms with E-state index < -0.39 is 0 Å². The molecular formula is C11H18N2O2. The van der Waals surface area contributed by atoms with E-state index in [1.54, 1.807) is 0 Å². The SMILES string of the molecule is C=CC(=O)NC(CCCC)NC(=O)C=C. The Labute approximate surface area is 90.4 Å². The number of amides is 2. The van der Waals surface area contributed by atoms with Gasteiger partial charge >= 0.3 is 0 Å². The Kier molecular flexibility index (Phi) is 6.97. The highest BCUT2D eigenvalue weighted by molar-refractivity contribution is 5.89. The van der Waals surface area contributed by atoms with E-state index in [-0.39, 0.29) is 18.0 Å². The molecule has 0 aromatic heterocycles. The zero-order valence-electron chi connectivity index (χ0n) is 9.08. The molecule has 0 radical (unpaired) electrons. The summed E-state index contributed by atoms with van der Waals surface area (Å²) in [4.78, 5) is 22.1. The van der Waals surface area contributed by atoms with Crippen LogP contribution in [0.2, 0.25) is 0 Å². The summed E-state index contributed by atoms with van der Waals surface area (Å²) < 4.78 is 0. The largest absolute Gasteiger partial charge is 0.332 e. The minimum absolute atomic E-state index is 0.291. The minimum Gasteiger partial charge on any atom is -0.332 e. The van der Waals surface area contributed by atoms with Crippen molar-refractivity contribution in [1.82, 2.24) is 10.6 Å². The van der Waals surface area contributed by atoms with Gasteiger partial charge in [0.1, 0.15) is 6.17 Å². The lowest BCUT2D eigenvalue weighted by Crippen LogP contribution is -2.46. The number of unbranched alkanes of at least 4 members (excludes halogenated alkanes) is 1. The van der Waals surface area contributed by atoms with Crippen LogP contribution in [-0.2, 0) is 9.59 Å². The molecule has 0 unspecified atom stereocenters. The Morgan fingerprint density at radius 2 is 1.67 bits per heavy atom. The summed E-state index contributed by atoms with van der Waals surface area (Å²) in [5.74, 6) is -0.582. The van der Waals surface area contributed by atoms with Gasteiger partial charge in [-0.1, -0.05) is 26.5 Å². The van der Waals surface area contributed by atoms with Crippen LogP contribution in [0.4, 0.5) is 0 Å². The third-order valence-electron chi connectivity index (χ3n) is 1.85. The number of hydrogen-bond acceptors (Lipinski definition) is 2. The number of hydrogen-bond donors (Lipinski definition) is 2. The molecule has 0 spiro atoms. The first kappa shape index (κ1) is 13.4. The molecule has 0 bridgehead atoms. The molecule has 0 atom stereocenters. The quantitative estimate of drug-likeness (QED) is 0.488. The summed E-state index contributed by atoms with van der Waals surface area (Å²) in [5, 5.41) is 5.26. The van der Waals surface area contributed by atoms with E-state index in [4.69, 9.17) is 0 Å². The van der Waals surface area contributed by atoms with Gasteiger partial charge in [-0.25, -0.2) is 0 Å². The second-order valence-corrected chi connectivity index (χ2v) is 3.12. The lowest BCUT2D eigenvalue weighted by Gasteiger charge is -2.18. The van der Waals surface area contributed by atoms with Gasteiger partial charge in [0.15, 0.2) is 0 Å². The summed E-state index contributed by atoms with van der Waals surface area (Å²) in [6.45, 7) is 8.74. The van der Waals surface area contributed by atoms with Gasteiger partial charge in [0.05, 0.1) is 0 Å². The van der Waals surface area contributed by atoms with Crippen molar-refractivity contribution in [3.63, 3.8) is 0 Å². The minimum atomic E-state index is -0.346. The predicted octanol–water partition coefficient (Wildman–Crippen LogP) is 1.11. The molecule has 4 heteroatoms. The Morgan fingerprint density at radius 3 is 2.00 bits per heavy atom. The van der Waals surface area contributed by atoms with Crippen LogP contribution >= 0.6 is 0 Å². The topological polar surface area (TPSA) is 58.2 Å². The van der Waals surface area contributed by atoms with Crippen LogP contribution in [0, 0.1) is 0 Å². The van der Waals surface area contributed by atoms with Gasteiger partial charge in [0.25, 0.3) is 0 Å². The van der Waals surface area contributed by atoms with Crippen molar-refractivity contribution in [2.45, 2.75) is 32.4 Å². The molecule has 0 heterocycles. The zero-order chi connectivity index (χ0) is 11.7. The van der Waals surface area contributed by atoms with E-state index in [9.17, 15) is 9.59 Å². The molecule has 2 amide bonds. The summed E-state index contributed by atoms with van der Waals surface area (Å²) in [5.41, 5.74) is 0. The van der Waals surface area contributed by atoms with Crippen LogP contribution < -0.4 is 10.6 Å². The number of carbonyl (C=O) groups is 2. The maximum absolute atomic E-state index is 11.0.